The number of nitrogens with zero attached hydrogens (tertiary/aromatic N) is 1. The third-order valence-electron chi connectivity index (χ3n) is 5.81. The SMILES string of the molecule is CCCCCCOC(=O)CCCCCCCN(CCO)CCCCCCCC(=O)OC(C)(C)C. The standard InChI is InChI=1S/C28H55NO5/c1-5-6-7-18-25-33-26(31)19-14-10-8-12-16-21-29(23-24-30)22-17-13-9-11-15-20-27(32)34-28(2,3)4/h30H,5-25H2,1-4H3. The molecule has 0 spiro atoms. The number of ether oxygens (including phenoxy) is 2. The number of rotatable bonds is 23. The normalized spacial score (nSPS) is 11.7. The van der Waals surface area contributed by atoms with Gasteiger partial charge in [-0.2, -0.15) is 0 Å². The lowest BCUT2D eigenvalue weighted by Gasteiger charge is -2.21. The van der Waals surface area contributed by atoms with Gasteiger partial charge in [-0.25, -0.2) is 0 Å². The van der Waals surface area contributed by atoms with E-state index >= 15 is 0 Å². The summed E-state index contributed by atoms with van der Waals surface area (Å²) in [6.45, 7) is 11.5. The molecule has 0 aromatic carbocycles. The van der Waals surface area contributed by atoms with Crippen LogP contribution in [-0.4, -0.2) is 60.4 Å². The van der Waals surface area contributed by atoms with Crippen LogP contribution in [0, 0.1) is 0 Å². The van der Waals surface area contributed by atoms with Gasteiger partial charge in [-0.15, -0.1) is 0 Å². The van der Waals surface area contributed by atoms with E-state index in [2.05, 4.69) is 11.8 Å². The number of unbranched alkanes of at least 4 members (excludes halogenated alkanes) is 11. The second-order valence-corrected chi connectivity index (χ2v) is 10.5. The maximum Gasteiger partial charge on any atom is 0.306 e. The van der Waals surface area contributed by atoms with Gasteiger partial charge < -0.3 is 19.5 Å². The molecule has 0 amide bonds. The summed E-state index contributed by atoms with van der Waals surface area (Å²) in [5.41, 5.74) is -0.394. The summed E-state index contributed by atoms with van der Waals surface area (Å²) < 4.78 is 10.6. The van der Waals surface area contributed by atoms with Crippen LogP contribution in [-0.2, 0) is 19.1 Å². The van der Waals surface area contributed by atoms with Crippen molar-refractivity contribution < 1.29 is 24.2 Å². The van der Waals surface area contributed by atoms with Crippen molar-refractivity contribution in [1.82, 2.24) is 4.90 Å². The van der Waals surface area contributed by atoms with E-state index in [1.165, 1.54) is 19.3 Å². The molecule has 0 fully saturated rings. The average Bonchev–Trinajstić information content (AvgIpc) is 2.76. The van der Waals surface area contributed by atoms with Gasteiger partial charge in [0.2, 0.25) is 0 Å². The van der Waals surface area contributed by atoms with Crippen molar-refractivity contribution in [2.24, 2.45) is 0 Å². The van der Waals surface area contributed by atoms with Crippen molar-refractivity contribution in [3.63, 3.8) is 0 Å². The zero-order valence-corrected chi connectivity index (χ0v) is 22.9. The van der Waals surface area contributed by atoms with E-state index in [1.54, 1.807) is 0 Å². The minimum Gasteiger partial charge on any atom is -0.466 e. The number of esters is 2. The number of aliphatic hydroxyl groups excluding tert-OH is 1. The predicted octanol–water partition coefficient (Wildman–Crippen LogP) is 6.43. The molecule has 0 aromatic rings. The number of carbonyl (C=O) groups excluding carboxylic acids is 2. The maximum absolute atomic E-state index is 11.7. The fourth-order valence-electron chi connectivity index (χ4n) is 3.93. The first-order chi connectivity index (χ1) is 16.3. The second-order valence-electron chi connectivity index (χ2n) is 10.5. The van der Waals surface area contributed by atoms with Crippen LogP contribution < -0.4 is 0 Å². The monoisotopic (exact) mass is 485 g/mol. The molecule has 0 saturated heterocycles. The highest BCUT2D eigenvalue weighted by atomic mass is 16.6. The van der Waals surface area contributed by atoms with E-state index in [0.29, 0.717) is 19.4 Å². The Bertz CT molecular complexity index is 490. The molecule has 0 aromatic heterocycles. The summed E-state index contributed by atoms with van der Waals surface area (Å²) in [6, 6.07) is 0. The van der Waals surface area contributed by atoms with Crippen LogP contribution in [0.5, 0.6) is 0 Å². The topological polar surface area (TPSA) is 76.1 Å². The summed E-state index contributed by atoms with van der Waals surface area (Å²) in [5.74, 6) is -0.144. The molecule has 0 radical (unpaired) electrons. The van der Waals surface area contributed by atoms with Crippen molar-refractivity contribution in [2.45, 2.75) is 136 Å². The fraction of sp³-hybridized carbons (Fsp3) is 0.929. The summed E-state index contributed by atoms with van der Waals surface area (Å²) in [7, 11) is 0. The van der Waals surface area contributed by atoms with Crippen molar-refractivity contribution in [3.8, 4) is 0 Å². The number of carbonyl (C=O) groups is 2. The fourth-order valence-corrected chi connectivity index (χ4v) is 3.93. The molecule has 0 bridgehead atoms. The summed E-state index contributed by atoms with van der Waals surface area (Å²) in [6.07, 6.45) is 16.4. The van der Waals surface area contributed by atoms with E-state index in [0.717, 1.165) is 90.3 Å². The first-order valence-electron chi connectivity index (χ1n) is 14.0. The van der Waals surface area contributed by atoms with Crippen LogP contribution in [0.2, 0.25) is 0 Å². The molecule has 0 rings (SSSR count). The highest BCUT2D eigenvalue weighted by Gasteiger charge is 2.15. The molecule has 0 atom stereocenters. The zero-order valence-electron chi connectivity index (χ0n) is 22.9. The number of hydrogen-bond donors (Lipinski definition) is 1. The number of hydrogen-bond acceptors (Lipinski definition) is 6. The first-order valence-corrected chi connectivity index (χ1v) is 14.0. The van der Waals surface area contributed by atoms with Crippen molar-refractivity contribution in [2.75, 3.05) is 32.8 Å². The Kier molecular flexibility index (Phi) is 21.6. The Labute approximate surface area is 210 Å². The van der Waals surface area contributed by atoms with Crippen LogP contribution in [0.25, 0.3) is 0 Å². The molecule has 0 aliphatic heterocycles. The summed E-state index contributed by atoms with van der Waals surface area (Å²) >= 11 is 0. The van der Waals surface area contributed by atoms with Crippen LogP contribution >= 0.6 is 0 Å². The molecule has 0 saturated carbocycles. The highest BCUT2D eigenvalue weighted by molar-refractivity contribution is 5.69. The lowest BCUT2D eigenvalue weighted by molar-refractivity contribution is -0.155. The Morgan fingerprint density at radius 1 is 0.676 bits per heavy atom. The van der Waals surface area contributed by atoms with E-state index in [9.17, 15) is 14.7 Å². The van der Waals surface area contributed by atoms with Gasteiger partial charge in [0.05, 0.1) is 13.2 Å². The minimum atomic E-state index is -0.394. The quantitative estimate of drug-likeness (QED) is 0.133. The van der Waals surface area contributed by atoms with Crippen molar-refractivity contribution in [1.29, 1.82) is 0 Å². The molecular weight excluding hydrogens is 430 g/mol. The van der Waals surface area contributed by atoms with Gasteiger partial charge in [-0.05, 0) is 66.0 Å². The van der Waals surface area contributed by atoms with Crippen LogP contribution in [0.3, 0.4) is 0 Å². The average molecular weight is 486 g/mol. The molecule has 6 heteroatoms. The van der Waals surface area contributed by atoms with Gasteiger partial charge in [-0.1, -0.05) is 64.7 Å². The smallest absolute Gasteiger partial charge is 0.306 e. The third-order valence-corrected chi connectivity index (χ3v) is 5.81. The Morgan fingerprint density at radius 2 is 1.18 bits per heavy atom. The minimum absolute atomic E-state index is 0.0459. The van der Waals surface area contributed by atoms with Gasteiger partial charge in [0, 0.05) is 19.4 Å². The molecule has 0 unspecified atom stereocenters. The van der Waals surface area contributed by atoms with E-state index in [4.69, 9.17) is 9.47 Å². The van der Waals surface area contributed by atoms with Crippen LogP contribution in [0.1, 0.15) is 130 Å². The molecule has 202 valence electrons. The van der Waals surface area contributed by atoms with E-state index < -0.39 is 5.60 Å². The second kappa shape index (κ2) is 22.3. The predicted molar refractivity (Wildman–Crippen MR) is 140 cm³/mol. The molecule has 1 N–H and O–H groups in total. The third kappa shape index (κ3) is 24.0. The van der Waals surface area contributed by atoms with Gasteiger partial charge >= 0.3 is 11.9 Å². The van der Waals surface area contributed by atoms with Gasteiger partial charge in [0.15, 0.2) is 0 Å². The van der Waals surface area contributed by atoms with Gasteiger partial charge in [-0.3, -0.25) is 9.59 Å². The Morgan fingerprint density at radius 3 is 1.71 bits per heavy atom. The molecule has 0 aliphatic carbocycles. The first kappa shape index (κ1) is 32.9. The van der Waals surface area contributed by atoms with E-state index in [-0.39, 0.29) is 18.5 Å². The molecule has 0 heterocycles. The zero-order chi connectivity index (χ0) is 25.5. The van der Waals surface area contributed by atoms with Gasteiger partial charge in [0.25, 0.3) is 0 Å². The Hall–Kier alpha value is -1.14. The molecule has 34 heavy (non-hydrogen) atoms. The van der Waals surface area contributed by atoms with Crippen molar-refractivity contribution >= 4 is 11.9 Å². The van der Waals surface area contributed by atoms with Crippen LogP contribution in [0.4, 0.5) is 0 Å². The number of aliphatic hydroxyl groups is 1. The summed E-state index contributed by atoms with van der Waals surface area (Å²) in [5, 5.41) is 9.34. The van der Waals surface area contributed by atoms with E-state index in [1.807, 2.05) is 20.8 Å². The van der Waals surface area contributed by atoms with Crippen LogP contribution in [0.15, 0.2) is 0 Å². The lowest BCUT2D eigenvalue weighted by Crippen LogP contribution is -2.29. The molecular formula is C28H55NO5. The van der Waals surface area contributed by atoms with Gasteiger partial charge in [0.1, 0.15) is 5.60 Å². The maximum atomic E-state index is 11.7. The molecule has 0 aliphatic rings. The Balaban J connectivity index is 3.62. The van der Waals surface area contributed by atoms with Crippen molar-refractivity contribution in [3.05, 3.63) is 0 Å². The summed E-state index contributed by atoms with van der Waals surface area (Å²) in [4.78, 5) is 25.8. The molecule has 6 nitrogen and oxygen atoms in total. The largest absolute Gasteiger partial charge is 0.466 e. The highest BCUT2D eigenvalue weighted by Crippen LogP contribution is 2.12. The lowest BCUT2D eigenvalue weighted by atomic mass is 10.1.